The second kappa shape index (κ2) is 10.4. The maximum Gasteiger partial charge on any atom is 0.451 e. The third kappa shape index (κ3) is 5.14. The van der Waals surface area contributed by atoms with E-state index in [1.165, 1.54) is 0 Å². The van der Waals surface area contributed by atoms with E-state index in [2.05, 4.69) is 38.1 Å². The Bertz CT molecular complexity index is 980. The molecule has 0 fully saturated rings. The van der Waals surface area contributed by atoms with E-state index in [4.69, 9.17) is 9.47 Å². The summed E-state index contributed by atoms with van der Waals surface area (Å²) in [4.78, 5) is 13.4. The molecule has 8 heteroatoms. The van der Waals surface area contributed by atoms with Crippen molar-refractivity contribution in [3.05, 3.63) is 65.3 Å². The van der Waals surface area contributed by atoms with E-state index in [1.54, 1.807) is 26.5 Å². The number of anilines is 1. The number of aliphatic imine (C=N–C) groups is 1. The highest BCUT2D eigenvalue weighted by molar-refractivity contribution is 6.09. The SMILES string of the molecule is C=CCC(C#[N+]C1=NC(NCc2ccc(OC)cc2OC)Nc2cccnc21)CO. The summed E-state index contributed by atoms with van der Waals surface area (Å²) in [6.07, 6.45) is 3.59. The van der Waals surface area contributed by atoms with Crippen LogP contribution >= 0.6 is 0 Å². The quantitative estimate of drug-likeness (QED) is 0.582. The number of aliphatic hydroxyl groups excluding tert-OH is 1. The van der Waals surface area contributed by atoms with Crippen LogP contribution in [0, 0.1) is 12.0 Å². The van der Waals surface area contributed by atoms with Gasteiger partial charge in [0, 0.05) is 24.4 Å². The lowest BCUT2D eigenvalue weighted by atomic mass is 10.1. The van der Waals surface area contributed by atoms with Crippen LogP contribution in [0.3, 0.4) is 0 Å². The number of nitrogens with zero attached hydrogens (tertiary/aromatic N) is 3. The van der Waals surface area contributed by atoms with Crippen molar-refractivity contribution >= 4 is 11.5 Å². The summed E-state index contributed by atoms with van der Waals surface area (Å²) in [5.74, 6) is 1.67. The van der Waals surface area contributed by atoms with Crippen molar-refractivity contribution in [2.75, 3.05) is 26.1 Å². The molecule has 0 saturated carbocycles. The van der Waals surface area contributed by atoms with Gasteiger partial charge < -0.3 is 19.9 Å². The molecule has 2 atom stereocenters. The van der Waals surface area contributed by atoms with E-state index in [1.807, 2.05) is 30.3 Å². The predicted molar refractivity (Wildman–Crippen MR) is 117 cm³/mol. The molecule has 0 saturated heterocycles. The van der Waals surface area contributed by atoms with Gasteiger partial charge in [0.05, 0.1) is 32.4 Å². The summed E-state index contributed by atoms with van der Waals surface area (Å²) >= 11 is 0. The Kier molecular flexibility index (Phi) is 7.38. The average molecular weight is 408 g/mol. The molecule has 2 aromatic rings. The standard InChI is InChI=1S/C22H26N5O3/c1-4-6-15(14-28)12-24-21-20-18(7-5-10-23-20)26-22(27-21)25-13-16-8-9-17(29-2)11-19(16)30-3/h4-5,7-11,15,22,25-26,28H,1,6,13-14H2,2-3H3/q+1. The number of benzene rings is 1. The van der Waals surface area contributed by atoms with Gasteiger partial charge in [-0.3, -0.25) is 5.32 Å². The van der Waals surface area contributed by atoms with Crippen molar-refractivity contribution in [1.29, 1.82) is 0 Å². The number of amidine groups is 1. The number of ether oxygens (including phenoxy) is 2. The van der Waals surface area contributed by atoms with Crippen LogP contribution in [-0.2, 0) is 6.54 Å². The Morgan fingerprint density at radius 3 is 2.97 bits per heavy atom. The minimum absolute atomic E-state index is 0.0604. The topological polar surface area (TPSA) is 92.4 Å². The van der Waals surface area contributed by atoms with Crippen molar-refractivity contribution in [2.45, 2.75) is 19.3 Å². The highest BCUT2D eigenvalue weighted by atomic mass is 16.5. The molecule has 156 valence electrons. The number of aromatic nitrogens is 1. The summed E-state index contributed by atoms with van der Waals surface area (Å²) in [5, 5.41) is 16.1. The van der Waals surface area contributed by atoms with Crippen LogP contribution in [-0.4, -0.2) is 43.0 Å². The first kappa shape index (κ1) is 21.3. The first-order valence-electron chi connectivity index (χ1n) is 9.60. The molecule has 0 radical (unpaired) electrons. The second-order valence-corrected chi connectivity index (χ2v) is 6.60. The summed E-state index contributed by atoms with van der Waals surface area (Å²) in [6.45, 7) is 4.15. The molecule has 2 heterocycles. The number of nitrogens with one attached hydrogen (secondary N) is 2. The van der Waals surface area contributed by atoms with Crippen molar-refractivity contribution < 1.29 is 14.6 Å². The van der Waals surface area contributed by atoms with E-state index < -0.39 is 6.29 Å². The fourth-order valence-corrected chi connectivity index (χ4v) is 2.97. The van der Waals surface area contributed by atoms with Gasteiger partial charge in [-0.2, -0.15) is 4.85 Å². The molecule has 1 aromatic heterocycles. The number of allylic oxidation sites excluding steroid dienone is 1. The van der Waals surface area contributed by atoms with Crippen LogP contribution in [0.1, 0.15) is 17.7 Å². The van der Waals surface area contributed by atoms with Gasteiger partial charge in [0.1, 0.15) is 11.5 Å². The van der Waals surface area contributed by atoms with Crippen molar-refractivity contribution in [3.8, 4) is 17.6 Å². The Hall–Kier alpha value is -3.41. The molecular weight excluding hydrogens is 382 g/mol. The predicted octanol–water partition coefficient (Wildman–Crippen LogP) is 2.86. The molecule has 1 aliphatic rings. The van der Waals surface area contributed by atoms with Gasteiger partial charge in [0.2, 0.25) is 0 Å². The average Bonchev–Trinajstić information content (AvgIpc) is 2.80. The Morgan fingerprint density at radius 2 is 2.23 bits per heavy atom. The van der Waals surface area contributed by atoms with Crippen molar-refractivity contribution in [3.63, 3.8) is 0 Å². The number of hydrogen-bond donors (Lipinski definition) is 3. The summed E-state index contributed by atoms with van der Waals surface area (Å²) in [6, 6.07) is 12.4. The lowest BCUT2D eigenvalue weighted by Crippen LogP contribution is -2.38. The number of fused-ring (bicyclic) bond motifs is 1. The van der Waals surface area contributed by atoms with Crippen LogP contribution in [0.4, 0.5) is 5.69 Å². The van der Waals surface area contributed by atoms with E-state index in [0.717, 1.165) is 22.7 Å². The zero-order chi connectivity index (χ0) is 21.3. The minimum Gasteiger partial charge on any atom is -0.497 e. The Labute approximate surface area is 176 Å². The summed E-state index contributed by atoms with van der Waals surface area (Å²) in [5.41, 5.74) is 2.42. The second-order valence-electron chi connectivity index (χ2n) is 6.60. The van der Waals surface area contributed by atoms with E-state index in [0.29, 0.717) is 24.5 Å². The number of hydrogen-bond acceptors (Lipinski definition) is 7. The first-order valence-corrected chi connectivity index (χ1v) is 9.60. The molecule has 1 aromatic carbocycles. The van der Waals surface area contributed by atoms with Crippen molar-refractivity contribution in [1.82, 2.24) is 10.3 Å². The molecule has 30 heavy (non-hydrogen) atoms. The molecule has 0 bridgehead atoms. The normalized spacial score (nSPS) is 15.6. The van der Waals surface area contributed by atoms with Gasteiger partial charge in [-0.15, -0.1) is 6.58 Å². The molecule has 0 amide bonds. The third-order valence-corrected chi connectivity index (χ3v) is 4.57. The van der Waals surface area contributed by atoms with Gasteiger partial charge >= 0.3 is 5.84 Å². The number of aliphatic hydroxyl groups is 1. The third-order valence-electron chi connectivity index (χ3n) is 4.57. The largest absolute Gasteiger partial charge is 0.497 e. The fraction of sp³-hybridized carbons (Fsp3) is 0.318. The van der Waals surface area contributed by atoms with E-state index in [9.17, 15) is 5.11 Å². The number of pyridine rings is 1. The van der Waals surface area contributed by atoms with Crippen LogP contribution in [0.5, 0.6) is 11.5 Å². The lowest BCUT2D eigenvalue weighted by Gasteiger charge is -2.18. The van der Waals surface area contributed by atoms with Gasteiger partial charge in [-0.25, -0.2) is 4.98 Å². The molecule has 3 N–H and O–H groups in total. The van der Waals surface area contributed by atoms with E-state index >= 15 is 0 Å². The molecule has 1 aliphatic heterocycles. The first-order chi connectivity index (χ1) is 14.7. The zero-order valence-electron chi connectivity index (χ0n) is 17.1. The minimum atomic E-state index is -0.416. The Morgan fingerprint density at radius 1 is 1.37 bits per heavy atom. The molecule has 2 unspecified atom stereocenters. The molecular formula is C22H26N5O3+. The zero-order valence-corrected chi connectivity index (χ0v) is 17.1. The molecule has 3 rings (SSSR count). The number of rotatable bonds is 8. The van der Waals surface area contributed by atoms with Gasteiger partial charge in [-0.1, -0.05) is 12.1 Å². The van der Waals surface area contributed by atoms with Crippen LogP contribution in [0.2, 0.25) is 0 Å². The van der Waals surface area contributed by atoms with Crippen LogP contribution in [0.25, 0.3) is 4.85 Å². The maximum absolute atomic E-state index is 9.46. The Balaban J connectivity index is 1.81. The fourth-order valence-electron chi connectivity index (χ4n) is 2.97. The van der Waals surface area contributed by atoms with Crippen LogP contribution < -0.4 is 20.1 Å². The number of methoxy groups -OCH3 is 2. The molecule has 0 spiro atoms. The van der Waals surface area contributed by atoms with Gasteiger partial charge in [-0.05, 0) is 29.6 Å². The molecule has 0 aliphatic carbocycles. The van der Waals surface area contributed by atoms with Crippen LogP contribution in [0.15, 0.2) is 54.2 Å². The molecule has 8 nitrogen and oxygen atoms in total. The van der Waals surface area contributed by atoms with Gasteiger partial charge in [0.15, 0.2) is 11.8 Å². The summed E-state index contributed by atoms with van der Waals surface area (Å²) in [7, 11) is 3.25. The highest BCUT2D eigenvalue weighted by Gasteiger charge is 2.30. The summed E-state index contributed by atoms with van der Waals surface area (Å²) < 4.78 is 10.7. The van der Waals surface area contributed by atoms with Crippen molar-refractivity contribution in [2.24, 2.45) is 10.9 Å². The highest BCUT2D eigenvalue weighted by Crippen LogP contribution is 2.25. The van der Waals surface area contributed by atoms with Gasteiger partial charge in [0.25, 0.3) is 6.29 Å². The monoisotopic (exact) mass is 408 g/mol. The maximum atomic E-state index is 9.46. The van der Waals surface area contributed by atoms with E-state index in [-0.39, 0.29) is 12.5 Å². The smallest absolute Gasteiger partial charge is 0.451 e. The lowest BCUT2D eigenvalue weighted by molar-refractivity contribution is 0.258.